The van der Waals surface area contributed by atoms with Crippen molar-refractivity contribution in [2.24, 2.45) is 11.5 Å². The van der Waals surface area contributed by atoms with Crippen molar-refractivity contribution >= 4 is 62.4 Å². The second kappa shape index (κ2) is 31.9. The monoisotopic (exact) mass is 1570 g/mol. The van der Waals surface area contributed by atoms with E-state index in [2.05, 4.69) is 92.5 Å². The van der Waals surface area contributed by atoms with E-state index >= 15 is 0 Å². The highest BCUT2D eigenvalue weighted by molar-refractivity contribution is 5.70. The first-order valence-electron chi connectivity index (χ1n) is 38.6. The Kier molecular flexibility index (Phi) is 21.3. The lowest BCUT2D eigenvalue weighted by molar-refractivity contribution is 0.315. The molecular weight excluding hydrogens is 1490 g/mol. The van der Waals surface area contributed by atoms with Gasteiger partial charge in [-0.3, -0.25) is 36.8 Å². The van der Waals surface area contributed by atoms with Crippen LogP contribution in [-0.4, -0.2) is 187 Å². The van der Waals surface area contributed by atoms with E-state index in [9.17, 15) is 36.7 Å². The molecule has 4 saturated heterocycles. The van der Waals surface area contributed by atoms with E-state index in [1.807, 2.05) is 74.9 Å². The number of halogens is 4. The van der Waals surface area contributed by atoms with Crippen molar-refractivity contribution in [3.8, 4) is 50.6 Å². The highest BCUT2D eigenvalue weighted by Gasteiger charge is 2.28. The van der Waals surface area contributed by atoms with Crippen molar-refractivity contribution < 1.29 is 22.3 Å². The van der Waals surface area contributed by atoms with Crippen LogP contribution in [0.2, 0.25) is 0 Å². The zero-order chi connectivity index (χ0) is 81.1. The number of anilines is 4. The molecule has 0 spiro atoms. The number of imidazole rings is 3. The Morgan fingerprint density at radius 1 is 0.362 bits per heavy atom. The summed E-state index contributed by atoms with van der Waals surface area (Å²) in [7, 11) is 9.80. The first kappa shape index (κ1) is 77.2. The molecule has 596 valence electrons. The molecule has 4 aliphatic rings. The maximum absolute atomic E-state index is 14.5. The number of aryl methyl sites for hydroxylation is 3. The number of nitrogens with zero attached hydrogens (tertiary/aromatic N) is 20. The number of likely N-dealkylation sites (N-methyl/N-ethyl adjacent to an activating group) is 2. The number of ether oxygens (including phenoxy) is 1. The number of piperidine rings is 2. The van der Waals surface area contributed by atoms with Crippen LogP contribution in [-0.2, 0) is 0 Å². The van der Waals surface area contributed by atoms with Crippen molar-refractivity contribution in [3.05, 3.63) is 253 Å². The van der Waals surface area contributed by atoms with Gasteiger partial charge in [0.05, 0.1) is 58.3 Å². The van der Waals surface area contributed by atoms with E-state index in [1.54, 1.807) is 96.6 Å². The molecule has 19 rings (SSSR count). The Labute approximate surface area is 662 Å². The quantitative estimate of drug-likeness (QED) is 0.114. The lowest BCUT2D eigenvalue weighted by Crippen LogP contribution is -2.40. The molecular formula is C85H88F4N22O5. The summed E-state index contributed by atoms with van der Waals surface area (Å²) in [4.78, 5) is 95.4. The summed E-state index contributed by atoms with van der Waals surface area (Å²) < 4.78 is 73.3. The van der Waals surface area contributed by atoms with Crippen molar-refractivity contribution in [1.82, 2.24) is 75.5 Å². The molecule has 27 nitrogen and oxygen atoms in total. The van der Waals surface area contributed by atoms with E-state index in [0.29, 0.717) is 79.8 Å². The van der Waals surface area contributed by atoms with Gasteiger partial charge in [-0.2, -0.15) is 0 Å². The molecule has 4 fully saturated rings. The second-order valence-electron chi connectivity index (χ2n) is 30.7. The van der Waals surface area contributed by atoms with E-state index in [4.69, 9.17) is 16.2 Å². The van der Waals surface area contributed by atoms with Crippen LogP contribution in [0.1, 0.15) is 55.6 Å². The fourth-order valence-corrected chi connectivity index (χ4v) is 15.6. The van der Waals surface area contributed by atoms with Gasteiger partial charge in [0.25, 0.3) is 22.2 Å². The Morgan fingerprint density at radius 3 is 1.09 bits per heavy atom. The predicted molar refractivity (Wildman–Crippen MR) is 442 cm³/mol. The van der Waals surface area contributed by atoms with Crippen LogP contribution in [0.5, 0.6) is 5.75 Å². The van der Waals surface area contributed by atoms with Crippen LogP contribution >= 0.6 is 0 Å². The molecule has 31 heteroatoms. The van der Waals surface area contributed by atoms with E-state index in [0.717, 1.165) is 131 Å². The molecule has 18 heterocycles. The maximum atomic E-state index is 14.5. The number of methoxy groups -OCH3 is 1. The molecule has 2 atom stereocenters. The smallest absolute Gasteiger partial charge is 0.259 e. The first-order chi connectivity index (χ1) is 55.8. The van der Waals surface area contributed by atoms with E-state index < -0.39 is 23.3 Å². The van der Waals surface area contributed by atoms with Gasteiger partial charge in [0.2, 0.25) is 0 Å². The van der Waals surface area contributed by atoms with Crippen molar-refractivity contribution in [3.63, 3.8) is 0 Å². The van der Waals surface area contributed by atoms with Crippen molar-refractivity contribution in [1.29, 1.82) is 0 Å². The SMILES string of the molecule is COc1ccc(-c2ccc3nc(N4CCC(N)CC4)cc(=O)n3c2)cc1F.Cc1cn2cc(-c3cc(=O)n4cc(N5CCC(N)CC5)ccc4n3)cc(F)c2n1.Cc1cn2cc(-c3cc(=O)n4cc(N5CC[C@@H](N(C)C)C5)ccc4n3)cc(F)c2n1.Cc1cn2cc(-c3cc(=O)n4cc(N5CC[C@H](N(C)C)C5)ccc4n3)cc(F)c2n1. The van der Waals surface area contributed by atoms with Crippen molar-refractivity contribution in [2.45, 2.75) is 83.5 Å². The standard InChI is InChI=1S/2C22H23FN6O.C21H21FN6O.C20H21FN4O2/c2*1-14-10-28-11-15(8-18(23)22(28)24-14)19-9-21(30)29-13-17(4-5-20(29)25-19)27-7-6-16(12-27)26(2)3;1-13-10-27-11-14(8-17(22)21(27)24-13)18-9-20(29)28-12-16(2-3-19(28)25-18)26-6-4-15(23)5-7-26;1-27-17-4-2-13(10-16(17)21)14-3-5-18-23-19(11-20(26)25(18)12-14)24-8-6-15(22)7-9-24/h2*4-5,8-11,13,16H,6-7,12H2,1-3H3;2-3,8-12,15H,4-7,23H2,1H3;2-5,10-12,15H,6-9,22H2,1H3/t2*16-;;/m10../s1. The van der Waals surface area contributed by atoms with Crippen molar-refractivity contribution in [2.75, 3.05) is 107 Å². The number of fused-ring (bicyclic) bond motifs is 7. The van der Waals surface area contributed by atoms with Gasteiger partial charge in [-0.05, 0) is 177 Å². The predicted octanol–water partition coefficient (Wildman–Crippen LogP) is 10.0. The Bertz CT molecular complexity index is 6330. The molecule has 14 aromatic heterocycles. The minimum atomic E-state index is -0.448. The summed E-state index contributed by atoms with van der Waals surface area (Å²) in [5.74, 6) is -0.917. The van der Waals surface area contributed by atoms with Crippen LogP contribution in [0.15, 0.2) is 190 Å². The normalized spacial score (nSPS) is 16.2. The molecule has 116 heavy (non-hydrogen) atoms. The first-order valence-corrected chi connectivity index (χ1v) is 38.6. The average Bonchev–Trinajstić information content (AvgIpc) is 1.45. The van der Waals surface area contributed by atoms with Crippen LogP contribution in [0.4, 0.5) is 40.4 Å². The van der Waals surface area contributed by atoms with Crippen LogP contribution in [0.3, 0.4) is 0 Å². The molecule has 4 N–H and O–H groups in total. The highest BCUT2D eigenvalue weighted by Crippen LogP contribution is 2.31. The van der Waals surface area contributed by atoms with Crippen LogP contribution in [0.25, 0.3) is 84.4 Å². The van der Waals surface area contributed by atoms with Gasteiger partial charge < -0.3 is 58.8 Å². The number of hydrogen-bond acceptors (Lipinski definition) is 20. The third kappa shape index (κ3) is 16.0. The highest BCUT2D eigenvalue weighted by atomic mass is 19.1. The molecule has 0 aliphatic carbocycles. The van der Waals surface area contributed by atoms with Gasteiger partial charge >= 0.3 is 0 Å². The van der Waals surface area contributed by atoms with Gasteiger partial charge in [0.15, 0.2) is 46.0 Å². The summed E-state index contributed by atoms with van der Waals surface area (Å²) in [6, 6.07) is 31.3. The van der Waals surface area contributed by atoms with Gasteiger partial charge in [0.1, 0.15) is 28.4 Å². The number of benzene rings is 1. The largest absolute Gasteiger partial charge is 0.494 e. The molecule has 0 unspecified atom stereocenters. The minimum absolute atomic E-state index is 0.166. The lowest BCUT2D eigenvalue weighted by atomic mass is 10.1. The Morgan fingerprint density at radius 2 is 0.707 bits per heavy atom. The summed E-state index contributed by atoms with van der Waals surface area (Å²) >= 11 is 0. The zero-order valence-corrected chi connectivity index (χ0v) is 65.5. The number of hydrogen-bond donors (Lipinski definition) is 2. The molecule has 0 bridgehead atoms. The second-order valence-corrected chi connectivity index (χ2v) is 30.7. The molecule has 0 amide bonds. The number of aromatic nitrogens is 14. The summed E-state index contributed by atoms with van der Waals surface area (Å²) in [6.45, 7) is 12.5. The van der Waals surface area contributed by atoms with E-state index in [1.165, 1.54) is 58.4 Å². The lowest BCUT2D eigenvalue weighted by Gasteiger charge is -2.32. The summed E-state index contributed by atoms with van der Waals surface area (Å²) in [5.41, 5.74) is 23.6. The molecule has 0 radical (unpaired) electrons. The van der Waals surface area contributed by atoms with Gasteiger partial charge in [-0.15, -0.1) is 0 Å². The topological polar surface area (TPSA) is 270 Å². The number of nitrogens with two attached hydrogens (primary N) is 2. The van der Waals surface area contributed by atoms with Crippen LogP contribution < -0.4 is 58.0 Å². The average molecular weight is 1570 g/mol. The molecule has 15 aromatic rings. The number of rotatable bonds is 11. The third-order valence-electron chi connectivity index (χ3n) is 22.1. The molecule has 0 saturated carbocycles. The summed E-state index contributed by atoms with van der Waals surface area (Å²) in [5, 5.41) is 0. The minimum Gasteiger partial charge on any atom is -0.494 e. The molecule has 1 aromatic carbocycles. The zero-order valence-electron chi connectivity index (χ0n) is 65.5. The third-order valence-corrected chi connectivity index (χ3v) is 22.1. The fraction of sp³-hybridized carbons (Fsp3) is 0.306. The van der Waals surface area contributed by atoms with Gasteiger partial charge in [-0.1, -0.05) is 6.07 Å². The summed E-state index contributed by atoms with van der Waals surface area (Å²) in [6.07, 6.45) is 23.5. The van der Waals surface area contributed by atoms with E-state index in [-0.39, 0.29) is 57.0 Å². The maximum Gasteiger partial charge on any atom is 0.259 e. The van der Waals surface area contributed by atoms with Crippen LogP contribution in [0, 0.1) is 44.0 Å². The fourth-order valence-electron chi connectivity index (χ4n) is 15.6. The number of pyridine rings is 7. The molecule has 4 aliphatic heterocycles. The van der Waals surface area contributed by atoms with Gasteiger partial charge in [0, 0.05) is 179 Å². The Hall–Kier alpha value is -12.7. The van der Waals surface area contributed by atoms with Gasteiger partial charge in [-0.25, -0.2) is 52.4 Å². The Balaban J connectivity index is 0.000000116.